The predicted octanol–water partition coefficient (Wildman–Crippen LogP) is 12.2. The molecule has 0 fully saturated rings. The molecule has 9 nitrogen and oxygen atoms in total. The fraction of sp³-hybridized carbons (Fsp3) is 0.907. The molecule has 0 saturated heterocycles. The highest BCUT2D eigenvalue weighted by Gasteiger charge is 2.27. The highest BCUT2D eigenvalue weighted by molar-refractivity contribution is 7.47. The average molecular weight is 775 g/mol. The van der Waals surface area contributed by atoms with E-state index in [1.807, 2.05) is 21.1 Å². The van der Waals surface area contributed by atoms with Crippen molar-refractivity contribution in [2.75, 3.05) is 47.5 Å². The van der Waals surface area contributed by atoms with Crippen LogP contribution in [0.25, 0.3) is 0 Å². The van der Waals surface area contributed by atoms with E-state index in [0.29, 0.717) is 23.9 Å². The maximum atomic E-state index is 12.7. The molecule has 1 unspecified atom stereocenters. The predicted molar refractivity (Wildman–Crippen MR) is 220 cm³/mol. The van der Waals surface area contributed by atoms with Gasteiger partial charge in [0.05, 0.1) is 27.7 Å². The summed E-state index contributed by atoms with van der Waals surface area (Å²) in [5.41, 5.74) is 0. The van der Waals surface area contributed by atoms with E-state index in [2.05, 4.69) is 26.0 Å². The van der Waals surface area contributed by atoms with E-state index in [4.69, 9.17) is 18.5 Å². The number of phosphoric acid groups is 1. The summed E-state index contributed by atoms with van der Waals surface area (Å²) in [6.45, 7) is 4.41. The van der Waals surface area contributed by atoms with Crippen LogP contribution in [0.3, 0.4) is 0 Å². The van der Waals surface area contributed by atoms with Gasteiger partial charge in [0, 0.05) is 12.8 Å². The van der Waals surface area contributed by atoms with Crippen molar-refractivity contribution in [3.8, 4) is 0 Å². The van der Waals surface area contributed by atoms with Crippen molar-refractivity contribution in [2.24, 2.45) is 0 Å². The second kappa shape index (κ2) is 36.4. The van der Waals surface area contributed by atoms with Crippen molar-refractivity contribution in [3.63, 3.8) is 0 Å². The molecule has 1 N–H and O–H groups in total. The minimum absolute atomic E-state index is 0.0344. The first-order valence-electron chi connectivity index (χ1n) is 21.9. The van der Waals surface area contributed by atoms with Crippen LogP contribution < -0.4 is 0 Å². The van der Waals surface area contributed by atoms with Crippen molar-refractivity contribution in [1.82, 2.24) is 0 Å². The third-order valence-electron chi connectivity index (χ3n) is 9.55. The molecule has 0 aromatic rings. The molecule has 0 heterocycles. The molecule has 53 heavy (non-hydrogen) atoms. The van der Waals surface area contributed by atoms with Gasteiger partial charge in [-0.1, -0.05) is 167 Å². The number of nitrogens with zero attached hydrogens (tertiary/aromatic N) is 1. The Kier molecular flexibility index (Phi) is 35.5. The van der Waals surface area contributed by atoms with Crippen LogP contribution in [0.2, 0.25) is 0 Å². The maximum Gasteiger partial charge on any atom is 0.472 e. The molecule has 0 aliphatic rings. The van der Waals surface area contributed by atoms with Gasteiger partial charge in [-0.2, -0.15) is 0 Å². The summed E-state index contributed by atoms with van der Waals surface area (Å²) < 4.78 is 34.3. The number of phosphoric ester groups is 1. The number of hydrogen-bond acceptors (Lipinski definition) is 7. The first-order chi connectivity index (χ1) is 25.5. The largest absolute Gasteiger partial charge is 0.472 e. The van der Waals surface area contributed by atoms with Crippen molar-refractivity contribution in [3.05, 3.63) is 12.2 Å². The highest BCUT2D eigenvalue weighted by Crippen LogP contribution is 2.43. The van der Waals surface area contributed by atoms with Gasteiger partial charge < -0.3 is 18.9 Å². The average Bonchev–Trinajstić information content (AvgIpc) is 3.10. The highest BCUT2D eigenvalue weighted by atomic mass is 31.2. The summed E-state index contributed by atoms with van der Waals surface area (Å²) in [5, 5.41) is 0. The van der Waals surface area contributed by atoms with Crippen molar-refractivity contribution in [1.29, 1.82) is 0 Å². The zero-order valence-electron chi connectivity index (χ0n) is 35.3. The molecule has 0 aromatic heterocycles. The Bertz CT molecular complexity index is 922. The molecular weight excluding hydrogens is 689 g/mol. The van der Waals surface area contributed by atoms with Crippen LogP contribution in [0.1, 0.15) is 200 Å². The number of likely N-dealkylation sites (N-methyl/N-ethyl adjacent to an activating group) is 1. The molecule has 314 valence electrons. The zero-order chi connectivity index (χ0) is 39.3. The monoisotopic (exact) mass is 775 g/mol. The molecule has 0 aromatic carbocycles. The quantitative estimate of drug-likeness (QED) is 0.0215. The minimum Gasteiger partial charge on any atom is -0.462 e. The fourth-order valence-corrected chi connectivity index (χ4v) is 6.80. The number of hydrogen-bond donors (Lipinski definition) is 1. The second-order valence-electron chi connectivity index (χ2n) is 16.1. The van der Waals surface area contributed by atoms with E-state index in [-0.39, 0.29) is 25.6 Å². The number of carbonyl (C=O) groups excluding carboxylic acids is 2. The summed E-state index contributed by atoms with van der Waals surface area (Å²) in [4.78, 5) is 35.3. The number of carbonyl (C=O) groups is 2. The molecular formula is C43H85NO8P+. The summed E-state index contributed by atoms with van der Waals surface area (Å²) in [6, 6.07) is 0. The van der Waals surface area contributed by atoms with E-state index in [1.165, 1.54) is 128 Å². The topological polar surface area (TPSA) is 108 Å². The van der Waals surface area contributed by atoms with Crippen LogP contribution >= 0.6 is 7.82 Å². The summed E-state index contributed by atoms with van der Waals surface area (Å²) in [6.07, 6.45) is 36.8. The van der Waals surface area contributed by atoms with Crippen molar-refractivity contribution in [2.45, 2.75) is 206 Å². The van der Waals surface area contributed by atoms with Crippen molar-refractivity contribution >= 4 is 19.8 Å². The zero-order valence-corrected chi connectivity index (χ0v) is 36.2. The van der Waals surface area contributed by atoms with Gasteiger partial charge in [-0.05, 0) is 32.1 Å². The van der Waals surface area contributed by atoms with Crippen LogP contribution in [-0.4, -0.2) is 74.9 Å². The van der Waals surface area contributed by atoms with Gasteiger partial charge in [-0.15, -0.1) is 0 Å². The van der Waals surface area contributed by atoms with E-state index in [0.717, 1.165) is 38.5 Å². The second-order valence-corrected chi connectivity index (χ2v) is 17.5. The van der Waals surface area contributed by atoms with Crippen LogP contribution in [0.4, 0.5) is 0 Å². The summed E-state index contributed by atoms with van der Waals surface area (Å²) in [7, 11) is 1.48. The Balaban J connectivity index is 4.34. The molecule has 0 aliphatic carbocycles. The number of allylic oxidation sites excluding steroid dienone is 2. The SMILES string of the molecule is CCCC/C=C/CCCCCCCCCCCC(=O)O[C@H](COC(=O)CCCCCCCCCCCCCCCC)COP(=O)(O)OCC[N+](C)(C)C. The molecule has 10 heteroatoms. The molecule has 0 rings (SSSR count). The molecule has 0 spiro atoms. The standard InChI is InChI=1S/C43H84NO8P/c1-6-8-10-12-14-16-18-20-22-24-26-28-30-32-34-36-43(46)52-41(40-51-53(47,48)50-38-37-44(3,4)5)39-49-42(45)35-33-31-29-27-25-23-21-19-17-15-13-11-9-7-2/h12,14,41H,6-11,13,15-40H2,1-5H3/p+1/b14-12+/t41-/m1/s1. The number of rotatable bonds is 40. The number of quaternary nitrogens is 1. The lowest BCUT2D eigenvalue weighted by Gasteiger charge is -2.24. The lowest BCUT2D eigenvalue weighted by Crippen LogP contribution is -2.37. The first kappa shape index (κ1) is 51.8. The first-order valence-corrected chi connectivity index (χ1v) is 23.4. The van der Waals surface area contributed by atoms with E-state index >= 15 is 0 Å². The molecule has 0 bridgehead atoms. The van der Waals surface area contributed by atoms with Gasteiger partial charge in [0.2, 0.25) is 0 Å². The van der Waals surface area contributed by atoms with Gasteiger partial charge in [-0.3, -0.25) is 18.6 Å². The van der Waals surface area contributed by atoms with Gasteiger partial charge in [0.1, 0.15) is 19.8 Å². The van der Waals surface area contributed by atoms with Crippen molar-refractivity contribution < 1.29 is 42.1 Å². The number of esters is 2. The molecule has 0 saturated carbocycles. The van der Waals surface area contributed by atoms with E-state index in [9.17, 15) is 19.0 Å². The van der Waals surface area contributed by atoms with Gasteiger partial charge in [-0.25, -0.2) is 4.57 Å². The Morgan fingerprint density at radius 2 is 0.981 bits per heavy atom. The Morgan fingerprint density at radius 1 is 0.566 bits per heavy atom. The third-order valence-corrected chi connectivity index (χ3v) is 10.5. The Hall–Kier alpha value is -1.25. The molecule has 2 atom stereocenters. The van der Waals surface area contributed by atoms with Crippen LogP contribution in [0.15, 0.2) is 12.2 Å². The number of unbranched alkanes of at least 4 members (excludes halogenated alkanes) is 24. The normalized spacial score (nSPS) is 13.7. The summed E-state index contributed by atoms with van der Waals surface area (Å²) in [5.74, 6) is -0.792. The van der Waals surface area contributed by atoms with Gasteiger partial charge in [0.15, 0.2) is 6.10 Å². The maximum absolute atomic E-state index is 12.7. The molecule has 0 amide bonds. The van der Waals surface area contributed by atoms with Crippen LogP contribution in [0, 0.1) is 0 Å². The minimum atomic E-state index is -4.37. The Morgan fingerprint density at radius 3 is 1.45 bits per heavy atom. The molecule has 0 aliphatic heterocycles. The van der Waals surface area contributed by atoms with E-state index < -0.39 is 26.5 Å². The molecule has 0 radical (unpaired) electrons. The fourth-order valence-electron chi connectivity index (χ4n) is 6.05. The van der Waals surface area contributed by atoms with E-state index in [1.54, 1.807) is 0 Å². The lowest BCUT2D eigenvalue weighted by molar-refractivity contribution is -0.870. The smallest absolute Gasteiger partial charge is 0.462 e. The van der Waals surface area contributed by atoms with Gasteiger partial charge in [0.25, 0.3) is 0 Å². The van der Waals surface area contributed by atoms with Crippen LogP contribution in [-0.2, 0) is 32.7 Å². The van der Waals surface area contributed by atoms with Gasteiger partial charge >= 0.3 is 19.8 Å². The number of ether oxygens (including phenoxy) is 2. The Labute approximate surface area is 326 Å². The summed E-state index contributed by atoms with van der Waals surface area (Å²) >= 11 is 0. The lowest BCUT2D eigenvalue weighted by atomic mass is 10.0. The van der Waals surface area contributed by atoms with Crippen LogP contribution in [0.5, 0.6) is 0 Å². The third kappa shape index (κ3) is 40.2.